The minimum absolute atomic E-state index is 0.785. The average Bonchev–Trinajstić information content (AvgIpc) is 3.03. The molecule has 0 unspecified atom stereocenters. The van der Waals surface area contributed by atoms with E-state index in [2.05, 4.69) is 78.6 Å². The zero-order chi connectivity index (χ0) is 14.7. The van der Waals surface area contributed by atoms with Crippen molar-refractivity contribution >= 4 is 48.9 Å². The van der Waals surface area contributed by atoms with Crippen molar-refractivity contribution in [3.63, 3.8) is 0 Å². The van der Waals surface area contributed by atoms with Gasteiger partial charge in [0.05, 0.1) is 0 Å². The maximum absolute atomic E-state index is 4.35. The molecule has 1 N–H and O–H groups in total. The van der Waals surface area contributed by atoms with E-state index in [0.29, 0.717) is 0 Å². The van der Waals surface area contributed by atoms with Gasteiger partial charge in [-0.3, -0.25) is 0 Å². The molecule has 0 atom stereocenters. The summed E-state index contributed by atoms with van der Waals surface area (Å²) in [5, 5.41) is 6.49. The van der Waals surface area contributed by atoms with Gasteiger partial charge >= 0.3 is 0 Å². The highest BCUT2D eigenvalue weighted by molar-refractivity contribution is 9.13. The SMILES string of the molecule is Brc1ccc(CNc2cccc(-c3nccs3)c2)cc1Br. The number of hydrogen-bond acceptors (Lipinski definition) is 3. The number of anilines is 1. The van der Waals surface area contributed by atoms with Crippen LogP contribution in [-0.4, -0.2) is 4.98 Å². The molecule has 0 spiro atoms. The number of halogens is 2. The summed E-state index contributed by atoms with van der Waals surface area (Å²) in [6.45, 7) is 0.785. The molecule has 0 saturated carbocycles. The summed E-state index contributed by atoms with van der Waals surface area (Å²) in [5.74, 6) is 0. The molecule has 21 heavy (non-hydrogen) atoms. The molecule has 1 heterocycles. The molecule has 5 heteroatoms. The van der Waals surface area contributed by atoms with Crippen LogP contribution in [0.5, 0.6) is 0 Å². The van der Waals surface area contributed by atoms with Gasteiger partial charge in [0, 0.05) is 38.3 Å². The Bertz CT molecular complexity index is 742. The lowest BCUT2D eigenvalue weighted by Gasteiger charge is -2.08. The summed E-state index contributed by atoms with van der Waals surface area (Å²) in [4.78, 5) is 4.35. The average molecular weight is 424 g/mol. The van der Waals surface area contributed by atoms with E-state index in [1.807, 2.05) is 17.6 Å². The maximum atomic E-state index is 4.35. The van der Waals surface area contributed by atoms with Crippen LogP contribution in [0.25, 0.3) is 10.6 Å². The molecule has 106 valence electrons. The van der Waals surface area contributed by atoms with Crippen LogP contribution in [0.3, 0.4) is 0 Å². The van der Waals surface area contributed by atoms with Crippen LogP contribution in [0.1, 0.15) is 5.56 Å². The van der Waals surface area contributed by atoms with Crippen molar-refractivity contribution in [2.75, 3.05) is 5.32 Å². The first kappa shape index (κ1) is 14.8. The highest BCUT2D eigenvalue weighted by atomic mass is 79.9. The first-order valence-electron chi connectivity index (χ1n) is 6.40. The van der Waals surface area contributed by atoms with Crippen LogP contribution >= 0.6 is 43.2 Å². The fraction of sp³-hybridized carbons (Fsp3) is 0.0625. The van der Waals surface area contributed by atoms with Gasteiger partial charge in [-0.25, -0.2) is 4.98 Å². The summed E-state index contributed by atoms with van der Waals surface area (Å²) in [7, 11) is 0. The molecule has 0 aliphatic carbocycles. The summed E-state index contributed by atoms with van der Waals surface area (Å²) in [6, 6.07) is 14.6. The Morgan fingerprint density at radius 3 is 2.71 bits per heavy atom. The minimum atomic E-state index is 0.785. The van der Waals surface area contributed by atoms with Crippen LogP contribution in [0.4, 0.5) is 5.69 Å². The van der Waals surface area contributed by atoms with Crippen LogP contribution < -0.4 is 5.32 Å². The lowest BCUT2D eigenvalue weighted by atomic mass is 10.2. The second-order valence-corrected chi connectivity index (χ2v) is 7.12. The fourth-order valence-electron chi connectivity index (χ4n) is 1.98. The Labute approximate surface area is 144 Å². The van der Waals surface area contributed by atoms with Gasteiger partial charge in [-0.1, -0.05) is 18.2 Å². The molecule has 0 fully saturated rings. The molecule has 0 radical (unpaired) electrons. The standard InChI is InChI=1S/C16H12Br2N2S/c17-14-5-4-11(8-15(14)18)10-20-13-3-1-2-12(9-13)16-19-6-7-21-16/h1-9,20H,10H2. The van der Waals surface area contributed by atoms with Crippen molar-refractivity contribution in [1.82, 2.24) is 4.98 Å². The Morgan fingerprint density at radius 1 is 1.05 bits per heavy atom. The molecular formula is C16H12Br2N2S. The monoisotopic (exact) mass is 422 g/mol. The summed E-state index contributed by atoms with van der Waals surface area (Å²) in [5.41, 5.74) is 3.47. The van der Waals surface area contributed by atoms with Crippen molar-refractivity contribution in [2.24, 2.45) is 0 Å². The van der Waals surface area contributed by atoms with Gasteiger partial charge in [-0.05, 0) is 61.7 Å². The normalized spacial score (nSPS) is 10.6. The lowest BCUT2D eigenvalue weighted by molar-refractivity contribution is 1.14. The van der Waals surface area contributed by atoms with Gasteiger partial charge in [0.15, 0.2) is 0 Å². The Kier molecular flexibility index (Phi) is 4.73. The number of benzene rings is 2. The van der Waals surface area contributed by atoms with Gasteiger partial charge in [0.25, 0.3) is 0 Å². The molecule has 0 bridgehead atoms. The highest BCUT2D eigenvalue weighted by Crippen LogP contribution is 2.26. The zero-order valence-corrected chi connectivity index (χ0v) is 15.0. The van der Waals surface area contributed by atoms with Crippen molar-refractivity contribution in [2.45, 2.75) is 6.54 Å². The van der Waals surface area contributed by atoms with Gasteiger partial charge in [-0.15, -0.1) is 11.3 Å². The molecule has 3 rings (SSSR count). The smallest absolute Gasteiger partial charge is 0.123 e. The number of nitrogens with zero attached hydrogens (tertiary/aromatic N) is 1. The predicted molar refractivity (Wildman–Crippen MR) is 96.7 cm³/mol. The van der Waals surface area contributed by atoms with Gasteiger partial charge in [-0.2, -0.15) is 0 Å². The molecule has 2 nitrogen and oxygen atoms in total. The molecule has 1 aromatic heterocycles. The molecule has 2 aromatic carbocycles. The second-order valence-electron chi connectivity index (χ2n) is 4.52. The third-order valence-corrected chi connectivity index (χ3v) is 5.72. The summed E-state index contributed by atoms with van der Waals surface area (Å²) >= 11 is 8.66. The first-order chi connectivity index (χ1) is 10.2. The van der Waals surface area contributed by atoms with Crippen LogP contribution in [0, 0.1) is 0 Å². The highest BCUT2D eigenvalue weighted by Gasteiger charge is 2.02. The van der Waals surface area contributed by atoms with Crippen molar-refractivity contribution in [3.05, 3.63) is 68.6 Å². The third-order valence-electron chi connectivity index (χ3n) is 3.02. The van der Waals surface area contributed by atoms with Crippen molar-refractivity contribution < 1.29 is 0 Å². The summed E-state index contributed by atoms with van der Waals surface area (Å²) in [6.07, 6.45) is 1.83. The topological polar surface area (TPSA) is 24.9 Å². The minimum Gasteiger partial charge on any atom is -0.381 e. The van der Waals surface area contributed by atoms with Gasteiger partial charge in [0.1, 0.15) is 5.01 Å². The Balaban J connectivity index is 1.73. The second kappa shape index (κ2) is 6.73. The Hall–Kier alpha value is -1.17. The zero-order valence-electron chi connectivity index (χ0n) is 11.0. The van der Waals surface area contributed by atoms with Crippen LogP contribution in [0.15, 0.2) is 63.0 Å². The number of aromatic nitrogens is 1. The van der Waals surface area contributed by atoms with Gasteiger partial charge in [0.2, 0.25) is 0 Å². The first-order valence-corrected chi connectivity index (χ1v) is 8.87. The largest absolute Gasteiger partial charge is 0.381 e. The van der Waals surface area contributed by atoms with Crippen molar-refractivity contribution in [3.8, 4) is 10.6 Å². The van der Waals surface area contributed by atoms with E-state index >= 15 is 0 Å². The predicted octanol–water partition coefficient (Wildman–Crippen LogP) is 5.95. The number of rotatable bonds is 4. The lowest BCUT2D eigenvalue weighted by Crippen LogP contribution is -1.99. The van der Waals surface area contributed by atoms with E-state index in [1.54, 1.807) is 11.3 Å². The molecule has 0 amide bonds. The molecule has 0 saturated heterocycles. The van der Waals surface area contributed by atoms with E-state index in [4.69, 9.17) is 0 Å². The fourth-order valence-corrected chi connectivity index (χ4v) is 3.29. The number of hydrogen-bond donors (Lipinski definition) is 1. The van der Waals surface area contributed by atoms with Gasteiger partial charge < -0.3 is 5.32 Å². The number of nitrogens with one attached hydrogen (secondary N) is 1. The number of thiazole rings is 1. The Morgan fingerprint density at radius 2 is 1.95 bits per heavy atom. The maximum Gasteiger partial charge on any atom is 0.123 e. The molecule has 0 aliphatic rings. The van der Waals surface area contributed by atoms with Crippen molar-refractivity contribution in [1.29, 1.82) is 0 Å². The van der Waals surface area contributed by atoms with E-state index in [0.717, 1.165) is 31.7 Å². The van der Waals surface area contributed by atoms with E-state index in [-0.39, 0.29) is 0 Å². The quantitative estimate of drug-likeness (QED) is 0.560. The van der Waals surface area contributed by atoms with E-state index < -0.39 is 0 Å². The van der Waals surface area contributed by atoms with E-state index in [1.165, 1.54) is 5.56 Å². The molecule has 0 aliphatic heterocycles. The third kappa shape index (κ3) is 3.73. The summed E-state index contributed by atoms with van der Waals surface area (Å²) < 4.78 is 2.13. The molecular weight excluding hydrogens is 412 g/mol. The van der Waals surface area contributed by atoms with Crippen LogP contribution in [-0.2, 0) is 6.54 Å². The molecule has 3 aromatic rings. The van der Waals surface area contributed by atoms with Crippen LogP contribution in [0.2, 0.25) is 0 Å². The van der Waals surface area contributed by atoms with E-state index in [9.17, 15) is 0 Å².